The highest BCUT2D eigenvalue weighted by molar-refractivity contribution is 5.80. The van der Waals surface area contributed by atoms with Crippen LogP contribution in [0.3, 0.4) is 0 Å². The lowest BCUT2D eigenvalue weighted by atomic mass is 9.88. The van der Waals surface area contributed by atoms with Gasteiger partial charge in [-0.25, -0.2) is 0 Å². The number of carbonyl (C=O) groups is 1. The van der Waals surface area contributed by atoms with E-state index in [4.69, 9.17) is 10.4 Å². The third-order valence-corrected chi connectivity index (χ3v) is 5.68. The molecular formula is C27H26F3N2O2+. The molecule has 7 heteroatoms. The number of benzene rings is 3. The first kappa shape index (κ1) is 24.8. The fraction of sp³-hybridized carbons (Fsp3) is 0.259. The Hall–Kier alpha value is -3.79. The largest absolute Gasteiger partial charge is 0.564 e. The fourth-order valence-corrected chi connectivity index (χ4v) is 3.82. The molecule has 4 nitrogen and oxygen atoms in total. The molecular weight excluding hydrogens is 441 g/mol. The Morgan fingerprint density at radius 3 is 2.09 bits per heavy atom. The minimum absolute atomic E-state index is 0.175. The van der Waals surface area contributed by atoms with Crippen molar-refractivity contribution in [2.24, 2.45) is 5.92 Å². The summed E-state index contributed by atoms with van der Waals surface area (Å²) in [7, 11) is 1.83. The summed E-state index contributed by atoms with van der Waals surface area (Å²) in [6.45, 7) is 3.94. The number of rotatable bonds is 7. The predicted molar refractivity (Wildman–Crippen MR) is 127 cm³/mol. The molecule has 3 aromatic rings. The van der Waals surface area contributed by atoms with Gasteiger partial charge in [0.15, 0.2) is 0 Å². The van der Waals surface area contributed by atoms with Crippen LogP contribution >= 0.6 is 0 Å². The van der Waals surface area contributed by atoms with Crippen LogP contribution in [0.1, 0.15) is 42.9 Å². The van der Waals surface area contributed by atoms with Crippen LogP contribution < -0.4 is 4.90 Å². The number of nitriles is 1. The summed E-state index contributed by atoms with van der Waals surface area (Å²) in [5.74, 6) is -1.18. The minimum atomic E-state index is -4.43. The molecule has 0 saturated carbocycles. The maximum Gasteiger partial charge on any atom is 0.523 e. The molecule has 0 aliphatic heterocycles. The van der Waals surface area contributed by atoms with Gasteiger partial charge in [-0.2, -0.15) is 18.4 Å². The summed E-state index contributed by atoms with van der Waals surface area (Å²) in [6.07, 6.45) is -3.94. The Morgan fingerprint density at radius 1 is 0.971 bits per heavy atom. The predicted octanol–water partition coefficient (Wildman–Crippen LogP) is 6.39. The van der Waals surface area contributed by atoms with E-state index >= 15 is 0 Å². The summed E-state index contributed by atoms with van der Waals surface area (Å²) in [4.78, 5) is 14.1. The number of hydrogen-bond donors (Lipinski definition) is 0. The Morgan fingerprint density at radius 2 is 1.59 bits per heavy atom. The molecule has 3 aromatic carbocycles. The Kier molecular flexibility index (Phi) is 7.31. The van der Waals surface area contributed by atoms with E-state index in [0.717, 1.165) is 17.8 Å². The second-order valence-electron chi connectivity index (χ2n) is 8.65. The van der Waals surface area contributed by atoms with E-state index in [9.17, 15) is 18.0 Å². The molecule has 1 unspecified atom stereocenters. The number of alkyl halides is 3. The summed E-state index contributed by atoms with van der Waals surface area (Å²) in [6, 6.07) is 19.4. The molecule has 0 aromatic heterocycles. The van der Waals surface area contributed by atoms with Crippen LogP contribution in [0.2, 0.25) is 0 Å². The molecule has 0 radical (unpaired) electrons. The highest BCUT2D eigenvalue weighted by Gasteiger charge is 2.31. The third-order valence-electron chi connectivity index (χ3n) is 5.68. The Balaban J connectivity index is 2.12. The lowest BCUT2D eigenvalue weighted by Crippen LogP contribution is -2.16. The maximum absolute atomic E-state index is 13.0. The molecule has 0 amide bonds. The van der Waals surface area contributed by atoms with Crippen LogP contribution in [0.25, 0.3) is 11.1 Å². The monoisotopic (exact) mass is 467 g/mol. The quantitative estimate of drug-likeness (QED) is 0.378. The minimum Gasteiger partial charge on any atom is -0.564 e. The van der Waals surface area contributed by atoms with Gasteiger partial charge in [0, 0.05) is 23.2 Å². The normalized spacial score (nSPS) is 12.3. The van der Waals surface area contributed by atoms with Crippen molar-refractivity contribution in [3.05, 3.63) is 83.4 Å². The standard InChI is InChI=1S/C27H25F3N2O2/c1-17(2)12-25(26(33)34)21-13-20(19-6-8-22(9-7-19)27(28,29)30)14-24(15-21)32(3)23-10-4-18(16-31)5-11-23/h4-11,13-15,17,25H,12H2,1-3H3,(H,33,34)/p+1. The Labute approximate surface area is 196 Å². The first-order valence-electron chi connectivity index (χ1n) is 10.8. The van der Waals surface area contributed by atoms with Gasteiger partial charge in [-0.15, -0.1) is 0 Å². The van der Waals surface area contributed by atoms with Crippen molar-refractivity contribution in [3.63, 3.8) is 0 Å². The second kappa shape index (κ2) is 10.0. The van der Waals surface area contributed by atoms with Crippen LogP contribution in [0.5, 0.6) is 0 Å². The number of anilines is 2. The second-order valence-corrected chi connectivity index (χ2v) is 8.65. The van der Waals surface area contributed by atoms with Crippen LogP contribution in [-0.2, 0) is 11.0 Å². The number of hydrogen-bond acceptors (Lipinski definition) is 3. The van der Waals surface area contributed by atoms with E-state index in [-0.39, 0.29) is 5.92 Å². The average molecular weight is 468 g/mol. The molecule has 176 valence electrons. The van der Waals surface area contributed by atoms with E-state index < -0.39 is 23.6 Å². The van der Waals surface area contributed by atoms with Crippen molar-refractivity contribution in [1.29, 1.82) is 5.26 Å². The lowest BCUT2D eigenvalue weighted by molar-refractivity contribution is -0.139. The van der Waals surface area contributed by atoms with Crippen LogP contribution in [0.4, 0.5) is 24.5 Å². The lowest BCUT2D eigenvalue weighted by Gasteiger charge is -2.23. The van der Waals surface area contributed by atoms with E-state index in [1.54, 1.807) is 30.3 Å². The van der Waals surface area contributed by atoms with Crippen molar-refractivity contribution < 1.29 is 23.1 Å². The van der Waals surface area contributed by atoms with Crippen LogP contribution in [0, 0.1) is 17.2 Å². The van der Waals surface area contributed by atoms with E-state index in [0.29, 0.717) is 34.4 Å². The number of carbonyl (C=O) groups excluding carboxylic acids is 1. The summed E-state index contributed by atoms with van der Waals surface area (Å²) in [5, 5.41) is 16.9. The molecule has 0 aliphatic carbocycles. The van der Waals surface area contributed by atoms with Gasteiger partial charge in [-0.1, -0.05) is 26.0 Å². The molecule has 0 saturated heterocycles. The highest BCUT2D eigenvalue weighted by atomic mass is 19.4. The highest BCUT2D eigenvalue weighted by Crippen LogP contribution is 2.36. The molecule has 0 heterocycles. The van der Waals surface area contributed by atoms with Crippen LogP contribution in [0.15, 0.2) is 66.7 Å². The van der Waals surface area contributed by atoms with Crippen LogP contribution in [-0.4, -0.2) is 18.1 Å². The van der Waals surface area contributed by atoms with Gasteiger partial charge in [0.2, 0.25) is 0 Å². The SMILES string of the molecule is CC(C)CC(C(=O)[OH2+])c1cc(-c2ccc(C(F)(F)F)cc2)cc(N(C)c2ccc(C#N)cc2)c1. The molecule has 0 bridgehead atoms. The summed E-state index contributed by atoms with van der Waals surface area (Å²) in [5.41, 5.74) is 3.16. The van der Waals surface area contributed by atoms with Crippen molar-refractivity contribution in [1.82, 2.24) is 0 Å². The van der Waals surface area contributed by atoms with Gasteiger partial charge < -0.3 is 10.0 Å². The van der Waals surface area contributed by atoms with Crippen molar-refractivity contribution in [3.8, 4) is 17.2 Å². The van der Waals surface area contributed by atoms with Gasteiger partial charge in [-0.3, -0.25) is 0 Å². The zero-order chi connectivity index (χ0) is 25.0. The van der Waals surface area contributed by atoms with E-state index in [2.05, 4.69) is 6.07 Å². The third kappa shape index (κ3) is 5.76. The van der Waals surface area contributed by atoms with Crippen molar-refractivity contribution >= 4 is 17.3 Å². The van der Waals surface area contributed by atoms with E-state index in [1.807, 2.05) is 37.9 Å². The summed E-state index contributed by atoms with van der Waals surface area (Å²) < 4.78 is 39.1. The topological polar surface area (TPSA) is 67.0 Å². The fourth-order valence-electron chi connectivity index (χ4n) is 3.82. The van der Waals surface area contributed by atoms with E-state index in [1.165, 1.54) is 12.1 Å². The molecule has 3 rings (SSSR count). The summed E-state index contributed by atoms with van der Waals surface area (Å²) >= 11 is 0. The molecule has 1 atom stereocenters. The molecule has 0 spiro atoms. The van der Waals surface area contributed by atoms with Gasteiger partial charge >= 0.3 is 12.1 Å². The van der Waals surface area contributed by atoms with Gasteiger partial charge in [0.25, 0.3) is 0 Å². The molecule has 0 fully saturated rings. The van der Waals surface area contributed by atoms with Gasteiger partial charge in [-0.05, 0) is 83.6 Å². The molecule has 2 N–H and O–H groups in total. The number of nitrogens with zero attached hydrogens (tertiary/aromatic N) is 2. The number of halogens is 3. The van der Waals surface area contributed by atoms with Crippen molar-refractivity contribution in [2.75, 3.05) is 11.9 Å². The van der Waals surface area contributed by atoms with Gasteiger partial charge in [0.05, 0.1) is 17.2 Å². The average Bonchev–Trinajstić information content (AvgIpc) is 2.81. The molecule has 34 heavy (non-hydrogen) atoms. The zero-order valence-electron chi connectivity index (χ0n) is 19.1. The first-order chi connectivity index (χ1) is 16.0. The maximum atomic E-state index is 13.0. The molecule has 0 aliphatic rings. The van der Waals surface area contributed by atoms with Crippen molar-refractivity contribution in [2.45, 2.75) is 32.4 Å². The smallest absolute Gasteiger partial charge is 0.523 e. The first-order valence-corrected chi connectivity index (χ1v) is 10.8. The van der Waals surface area contributed by atoms with Gasteiger partial charge in [0.1, 0.15) is 5.92 Å². The zero-order valence-corrected chi connectivity index (χ0v) is 19.1. The Bertz CT molecular complexity index is 1190.